The van der Waals surface area contributed by atoms with E-state index in [1.807, 2.05) is 0 Å². The summed E-state index contributed by atoms with van der Waals surface area (Å²) in [6.07, 6.45) is 14.0. The third kappa shape index (κ3) is 3.44. The van der Waals surface area contributed by atoms with Crippen molar-refractivity contribution in [2.24, 2.45) is 50.2 Å². The van der Waals surface area contributed by atoms with Gasteiger partial charge in [0.1, 0.15) is 6.61 Å². The predicted molar refractivity (Wildman–Crippen MR) is 142 cm³/mol. The Morgan fingerprint density at radius 2 is 1.64 bits per heavy atom. The molecular formula is C32H50O4. The minimum absolute atomic E-state index is 0.0114. The van der Waals surface area contributed by atoms with Crippen LogP contribution in [-0.4, -0.2) is 23.7 Å². The molecule has 0 amide bonds. The topological polar surface area (TPSA) is 63.6 Å². The van der Waals surface area contributed by atoms with Crippen LogP contribution < -0.4 is 0 Å². The van der Waals surface area contributed by atoms with Crippen molar-refractivity contribution in [2.45, 2.75) is 119 Å². The van der Waals surface area contributed by atoms with Crippen molar-refractivity contribution in [3.8, 4) is 0 Å². The molecule has 4 nitrogen and oxygen atoms in total. The maximum Gasteiger partial charge on any atom is 0.310 e. The van der Waals surface area contributed by atoms with Gasteiger partial charge in [0.25, 0.3) is 0 Å². The average Bonchev–Trinajstić information content (AvgIpc) is 2.76. The second-order valence-electron chi connectivity index (χ2n) is 15.5. The Bertz CT molecular complexity index is 977. The summed E-state index contributed by atoms with van der Waals surface area (Å²) in [7, 11) is 0. The van der Waals surface area contributed by atoms with Crippen molar-refractivity contribution >= 4 is 11.9 Å². The number of ether oxygens (including phenoxy) is 1. The molecule has 5 aliphatic rings. The number of rotatable bonds is 3. The van der Waals surface area contributed by atoms with Crippen molar-refractivity contribution in [1.29, 1.82) is 0 Å². The van der Waals surface area contributed by atoms with Crippen LogP contribution in [0.2, 0.25) is 0 Å². The second kappa shape index (κ2) is 8.09. The third-order valence-electron chi connectivity index (χ3n) is 13.0. The summed E-state index contributed by atoms with van der Waals surface area (Å²) >= 11 is 0. The first kappa shape index (κ1) is 26.3. The van der Waals surface area contributed by atoms with Crippen LogP contribution in [0.25, 0.3) is 0 Å². The van der Waals surface area contributed by atoms with Crippen molar-refractivity contribution in [1.82, 2.24) is 0 Å². The normalized spacial score (nSPS) is 46.8. The SMILES string of the molecule is CC(=O)OC[C@@]12CC[C@@]3(C(=O)O)CCC(C)(C)CC3C1=CC[C@@H]1[C@@]3(C)CCCC(C)(C)C3CC[C@]12C. The molecule has 202 valence electrons. The quantitative estimate of drug-likeness (QED) is 0.318. The first-order valence-electron chi connectivity index (χ1n) is 14.7. The van der Waals surface area contributed by atoms with Crippen LogP contribution in [0.5, 0.6) is 0 Å². The number of hydrogen-bond acceptors (Lipinski definition) is 3. The van der Waals surface area contributed by atoms with Crippen LogP contribution in [0, 0.1) is 50.2 Å². The molecule has 2 unspecified atom stereocenters. The predicted octanol–water partition coefficient (Wildman–Crippen LogP) is 7.81. The molecule has 0 radical (unpaired) electrons. The highest BCUT2D eigenvalue weighted by Gasteiger charge is 2.70. The van der Waals surface area contributed by atoms with E-state index in [1.54, 1.807) is 0 Å². The van der Waals surface area contributed by atoms with E-state index in [4.69, 9.17) is 4.74 Å². The molecule has 0 bridgehead atoms. The highest BCUT2D eigenvalue weighted by molar-refractivity contribution is 5.76. The summed E-state index contributed by atoms with van der Waals surface area (Å²) in [5.74, 6) is 0.466. The van der Waals surface area contributed by atoms with Crippen LogP contribution >= 0.6 is 0 Å². The van der Waals surface area contributed by atoms with E-state index in [0.717, 1.165) is 38.5 Å². The minimum Gasteiger partial charge on any atom is -0.481 e. The summed E-state index contributed by atoms with van der Waals surface area (Å²) in [5, 5.41) is 10.6. The number of allylic oxidation sites excluding steroid dienone is 1. The Labute approximate surface area is 219 Å². The Morgan fingerprint density at radius 3 is 2.31 bits per heavy atom. The van der Waals surface area contributed by atoms with Gasteiger partial charge in [0.15, 0.2) is 0 Å². The molecule has 0 aromatic heterocycles. The summed E-state index contributed by atoms with van der Waals surface area (Å²) in [5.41, 5.74) is 1.20. The lowest BCUT2D eigenvalue weighted by Gasteiger charge is -2.71. The summed E-state index contributed by atoms with van der Waals surface area (Å²) < 4.78 is 5.96. The fourth-order valence-corrected chi connectivity index (χ4v) is 11.1. The van der Waals surface area contributed by atoms with Crippen molar-refractivity contribution in [2.75, 3.05) is 6.61 Å². The molecule has 4 saturated carbocycles. The summed E-state index contributed by atoms with van der Waals surface area (Å²) in [6.45, 7) is 16.6. The lowest BCUT2D eigenvalue weighted by Crippen LogP contribution is -2.65. The Hall–Kier alpha value is -1.32. The molecule has 4 fully saturated rings. The molecule has 0 aromatic rings. The first-order chi connectivity index (χ1) is 16.6. The van der Waals surface area contributed by atoms with Gasteiger partial charge in [-0.1, -0.05) is 59.6 Å². The Morgan fingerprint density at radius 1 is 0.944 bits per heavy atom. The standard InChI is InChI=1S/C32H50O4/c1-21(33)36-20-32-18-17-31(26(34)35)16-15-27(2,3)19-23(31)22(32)9-10-25-29(6)13-8-12-28(4,5)24(29)11-14-30(25,32)7/h9,23-25H,8,10-20H2,1-7H3,(H,34,35)/t23?,24?,25-,29+,30-,31+,32+/m1/s1. The maximum absolute atomic E-state index is 12.9. The van der Waals surface area contributed by atoms with Crippen molar-refractivity contribution in [3.63, 3.8) is 0 Å². The number of carbonyl (C=O) groups excluding carboxylic acids is 1. The van der Waals surface area contributed by atoms with Gasteiger partial charge in [0.2, 0.25) is 0 Å². The van der Waals surface area contributed by atoms with E-state index in [0.29, 0.717) is 30.3 Å². The van der Waals surface area contributed by atoms with Gasteiger partial charge in [0.05, 0.1) is 5.41 Å². The largest absolute Gasteiger partial charge is 0.481 e. The van der Waals surface area contributed by atoms with Gasteiger partial charge in [-0.25, -0.2) is 0 Å². The van der Waals surface area contributed by atoms with Crippen molar-refractivity contribution < 1.29 is 19.4 Å². The molecule has 5 rings (SSSR count). The lowest BCUT2D eigenvalue weighted by atomic mass is 9.33. The van der Waals surface area contributed by atoms with Gasteiger partial charge >= 0.3 is 11.9 Å². The van der Waals surface area contributed by atoms with E-state index in [2.05, 4.69) is 47.6 Å². The summed E-state index contributed by atoms with van der Waals surface area (Å²) in [4.78, 5) is 25.1. The van der Waals surface area contributed by atoms with Crippen LogP contribution in [0.1, 0.15) is 119 Å². The Balaban J connectivity index is 1.66. The van der Waals surface area contributed by atoms with Crippen LogP contribution in [-0.2, 0) is 14.3 Å². The smallest absolute Gasteiger partial charge is 0.310 e. The number of carboxylic acids is 1. The van der Waals surface area contributed by atoms with E-state index >= 15 is 0 Å². The van der Waals surface area contributed by atoms with Gasteiger partial charge in [-0.3, -0.25) is 9.59 Å². The van der Waals surface area contributed by atoms with E-state index in [1.165, 1.54) is 38.2 Å². The molecule has 0 saturated heterocycles. The molecular weight excluding hydrogens is 448 g/mol. The molecule has 0 aromatic carbocycles. The fourth-order valence-electron chi connectivity index (χ4n) is 11.1. The molecule has 1 N–H and O–H groups in total. The first-order valence-corrected chi connectivity index (χ1v) is 14.7. The maximum atomic E-state index is 12.9. The minimum atomic E-state index is -0.668. The zero-order chi connectivity index (χ0) is 26.4. The van der Waals surface area contributed by atoms with Crippen molar-refractivity contribution in [3.05, 3.63) is 11.6 Å². The number of carboxylic acid groups (broad SMARTS) is 1. The molecule has 0 aliphatic heterocycles. The second-order valence-corrected chi connectivity index (χ2v) is 15.5. The highest BCUT2D eigenvalue weighted by atomic mass is 16.5. The van der Waals surface area contributed by atoms with Gasteiger partial charge in [-0.15, -0.1) is 0 Å². The molecule has 7 atom stereocenters. The number of carbonyl (C=O) groups is 2. The zero-order valence-corrected chi connectivity index (χ0v) is 24.0. The van der Waals surface area contributed by atoms with E-state index < -0.39 is 11.4 Å². The molecule has 0 heterocycles. The number of aliphatic carboxylic acids is 1. The van der Waals surface area contributed by atoms with Gasteiger partial charge in [-0.2, -0.15) is 0 Å². The van der Waals surface area contributed by atoms with Gasteiger partial charge < -0.3 is 9.84 Å². The fraction of sp³-hybridized carbons (Fsp3) is 0.875. The monoisotopic (exact) mass is 498 g/mol. The number of fused-ring (bicyclic) bond motifs is 7. The molecule has 5 aliphatic carbocycles. The highest BCUT2D eigenvalue weighted by Crippen LogP contribution is 2.75. The molecule has 4 heteroatoms. The van der Waals surface area contributed by atoms with E-state index in [9.17, 15) is 14.7 Å². The van der Waals surface area contributed by atoms with Crippen LogP contribution in [0.4, 0.5) is 0 Å². The number of esters is 1. The number of hydrogen-bond donors (Lipinski definition) is 1. The molecule has 36 heavy (non-hydrogen) atoms. The Kier molecular flexibility index (Phi) is 5.91. The van der Waals surface area contributed by atoms with Gasteiger partial charge in [0, 0.05) is 12.3 Å². The van der Waals surface area contributed by atoms with E-state index in [-0.39, 0.29) is 33.5 Å². The average molecular weight is 499 g/mol. The lowest BCUT2D eigenvalue weighted by molar-refractivity contribution is -0.203. The van der Waals surface area contributed by atoms with Crippen LogP contribution in [0.3, 0.4) is 0 Å². The van der Waals surface area contributed by atoms with Crippen LogP contribution in [0.15, 0.2) is 11.6 Å². The summed E-state index contributed by atoms with van der Waals surface area (Å²) in [6, 6.07) is 0. The third-order valence-corrected chi connectivity index (χ3v) is 13.0. The van der Waals surface area contributed by atoms with Gasteiger partial charge in [-0.05, 0) is 104 Å². The molecule has 0 spiro atoms. The zero-order valence-electron chi connectivity index (χ0n) is 24.0.